The molecule has 1 amide bonds. The molecule has 0 aliphatic carbocycles. The van der Waals surface area contributed by atoms with Gasteiger partial charge in [0.1, 0.15) is 5.60 Å². The van der Waals surface area contributed by atoms with E-state index in [1.54, 1.807) is 20.8 Å². The van der Waals surface area contributed by atoms with Crippen LogP contribution in [-0.2, 0) is 14.9 Å². The van der Waals surface area contributed by atoms with Crippen molar-refractivity contribution in [2.24, 2.45) is 4.40 Å². The summed E-state index contributed by atoms with van der Waals surface area (Å²) in [5.74, 6) is 0. The minimum atomic E-state index is -3.59. The zero-order valence-electron chi connectivity index (χ0n) is 11.1. The van der Waals surface area contributed by atoms with Crippen LogP contribution in [0.15, 0.2) is 15.7 Å². The van der Waals surface area contributed by atoms with E-state index in [-0.39, 0.29) is 0 Å². The van der Waals surface area contributed by atoms with Crippen LogP contribution in [0, 0.1) is 0 Å². The van der Waals surface area contributed by atoms with Crippen LogP contribution in [0.3, 0.4) is 0 Å². The molecule has 0 fully saturated rings. The van der Waals surface area contributed by atoms with Gasteiger partial charge < -0.3 is 9.64 Å². The van der Waals surface area contributed by atoms with Crippen LogP contribution in [0.1, 0.15) is 27.2 Å². The van der Waals surface area contributed by atoms with E-state index in [0.717, 1.165) is 0 Å². The number of ether oxygens (including phenoxy) is 1. The van der Waals surface area contributed by atoms with Crippen molar-refractivity contribution in [2.75, 3.05) is 13.1 Å². The molecule has 1 N–H and O–H groups in total. The second-order valence-corrected chi connectivity index (χ2v) is 6.83. The van der Waals surface area contributed by atoms with Gasteiger partial charge in [0.15, 0.2) is 0 Å². The number of carbonyl (C=O) groups is 1. The first-order valence-electron chi connectivity index (χ1n) is 5.94. The molecule has 0 unspecified atom stereocenters. The maximum absolute atomic E-state index is 11.9. The number of nitrogens with zero attached hydrogens (tertiary/aromatic N) is 2. The first-order valence-corrected chi connectivity index (χ1v) is 7.38. The monoisotopic (exact) mass is 287 g/mol. The Morgan fingerprint density at radius 3 is 2.79 bits per heavy atom. The summed E-state index contributed by atoms with van der Waals surface area (Å²) in [6.45, 7) is 6.13. The zero-order chi connectivity index (χ0) is 14.3. The minimum Gasteiger partial charge on any atom is -0.444 e. The third-order valence-electron chi connectivity index (χ3n) is 2.63. The van der Waals surface area contributed by atoms with E-state index in [2.05, 4.69) is 9.12 Å². The summed E-state index contributed by atoms with van der Waals surface area (Å²) in [5, 5.41) is 0. The summed E-state index contributed by atoms with van der Waals surface area (Å²) >= 11 is 0. The molecule has 2 aliphatic rings. The molecule has 0 bridgehead atoms. The first kappa shape index (κ1) is 13.9. The molecule has 0 spiro atoms. The molecular formula is C11H17N3O4S. The highest BCUT2D eigenvalue weighted by molar-refractivity contribution is 7.88. The van der Waals surface area contributed by atoms with Crippen LogP contribution in [0.4, 0.5) is 4.79 Å². The third-order valence-corrected chi connectivity index (χ3v) is 3.52. The van der Waals surface area contributed by atoms with Crippen molar-refractivity contribution in [3.05, 3.63) is 11.3 Å². The molecule has 0 saturated heterocycles. The average Bonchev–Trinajstić information content (AvgIpc) is 2.24. The van der Waals surface area contributed by atoms with Crippen LogP contribution in [-0.4, -0.2) is 44.3 Å². The van der Waals surface area contributed by atoms with E-state index in [1.807, 2.05) is 0 Å². The van der Waals surface area contributed by atoms with Gasteiger partial charge >= 0.3 is 16.3 Å². The summed E-state index contributed by atoms with van der Waals surface area (Å²) < 4.78 is 33.6. The molecule has 0 aromatic heterocycles. The Balaban J connectivity index is 2.07. The Morgan fingerprint density at radius 1 is 1.47 bits per heavy atom. The fourth-order valence-electron chi connectivity index (χ4n) is 1.82. The van der Waals surface area contributed by atoms with Gasteiger partial charge in [-0.2, -0.15) is 12.8 Å². The lowest BCUT2D eigenvalue weighted by atomic mass is 10.1. The molecule has 7 nitrogen and oxygen atoms in total. The van der Waals surface area contributed by atoms with Crippen molar-refractivity contribution in [2.45, 2.75) is 32.8 Å². The van der Waals surface area contributed by atoms with Crippen molar-refractivity contribution in [1.82, 2.24) is 9.62 Å². The molecule has 106 valence electrons. The fourth-order valence-corrected chi connectivity index (χ4v) is 2.68. The molecule has 0 aromatic rings. The number of hydrogen-bond donors (Lipinski definition) is 1. The van der Waals surface area contributed by atoms with Crippen LogP contribution in [0.25, 0.3) is 0 Å². The molecule has 2 aliphatic heterocycles. The van der Waals surface area contributed by atoms with E-state index in [1.165, 1.54) is 11.1 Å². The lowest BCUT2D eigenvalue weighted by Gasteiger charge is -2.32. The van der Waals surface area contributed by atoms with Crippen LogP contribution >= 0.6 is 0 Å². The number of nitrogens with one attached hydrogen (secondary N) is 1. The molecular weight excluding hydrogens is 270 g/mol. The highest BCUT2D eigenvalue weighted by Gasteiger charge is 2.29. The Hall–Kier alpha value is -1.57. The maximum atomic E-state index is 11.9. The summed E-state index contributed by atoms with van der Waals surface area (Å²) in [6.07, 6.45) is 1.33. The number of rotatable bonds is 0. The van der Waals surface area contributed by atoms with Gasteiger partial charge in [-0.05, 0) is 20.8 Å². The number of amides is 1. The van der Waals surface area contributed by atoms with Gasteiger partial charge in [-0.1, -0.05) is 0 Å². The van der Waals surface area contributed by atoms with E-state index < -0.39 is 21.9 Å². The summed E-state index contributed by atoms with van der Waals surface area (Å²) in [4.78, 5) is 13.5. The predicted octanol–water partition coefficient (Wildman–Crippen LogP) is 0.800. The summed E-state index contributed by atoms with van der Waals surface area (Å²) in [6, 6.07) is 0. The first-order chi connectivity index (χ1) is 8.66. The smallest absolute Gasteiger partial charge is 0.410 e. The van der Waals surface area contributed by atoms with E-state index in [4.69, 9.17) is 4.74 Å². The predicted molar refractivity (Wildman–Crippen MR) is 70.0 cm³/mol. The maximum Gasteiger partial charge on any atom is 0.410 e. The standard InChI is InChI=1S/C11H17N3O4S/c1-11(2,3)18-10(15)14-5-4-9-8(7-14)6-12-19(16,17)13-9/h6,13H,4-5,7H2,1-3H3. The topological polar surface area (TPSA) is 88.1 Å². The van der Waals surface area contributed by atoms with E-state index in [0.29, 0.717) is 30.8 Å². The van der Waals surface area contributed by atoms with E-state index in [9.17, 15) is 13.2 Å². The highest BCUT2D eigenvalue weighted by Crippen LogP contribution is 2.20. The van der Waals surface area contributed by atoms with Crippen LogP contribution < -0.4 is 4.72 Å². The number of carbonyl (C=O) groups excluding carboxylic acids is 1. The molecule has 0 saturated carbocycles. The van der Waals surface area contributed by atoms with Crippen molar-refractivity contribution in [3.63, 3.8) is 0 Å². The lowest BCUT2D eigenvalue weighted by molar-refractivity contribution is 0.0262. The highest BCUT2D eigenvalue weighted by atomic mass is 32.2. The van der Waals surface area contributed by atoms with Gasteiger partial charge in [0, 0.05) is 30.5 Å². The largest absolute Gasteiger partial charge is 0.444 e. The summed E-state index contributed by atoms with van der Waals surface area (Å²) in [7, 11) is -3.59. The van der Waals surface area contributed by atoms with Crippen LogP contribution in [0.2, 0.25) is 0 Å². The molecule has 0 aromatic carbocycles. The van der Waals surface area contributed by atoms with Gasteiger partial charge in [-0.15, -0.1) is 0 Å². The normalized spacial score (nSPS) is 21.7. The van der Waals surface area contributed by atoms with Crippen molar-refractivity contribution >= 4 is 22.5 Å². The van der Waals surface area contributed by atoms with Crippen molar-refractivity contribution in [1.29, 1.82) is 0 Å². The molecule has 19 heavy (non-hydrogen) atoms. The molecule has 0 atom stereocenters. The van der Waals surface area contributed by atoms with Crippen molar-refractivity contribution in [3.8, 4) is 0 Å². The quantitative estimate of drug-likeness (QED) is 0.713. The fraction of sp³-hybridized carbons (Fsp3) is 0.636. The Kier molecular flexibility index (Phi) is 3.29. The molecule has 2 heterocycles. The molecule has 2 rings (SSSR count). The SMILES string of the molecule is CC(C)(C)OC(=O)N1CCC2=C(C=NS(=O)(=O)N2)C1. The Bertz CT molecular complexity index is 557. The Labute approximate surface area is 112 Å². The minimum absolute atomic E-state index is 0.302. The molecule has 0 radical (unpaired) electrons. The Morgan fingerprint density at radius 2 is 2.16 bits per heavy atom. The van der Waals surface area contributed by atoms with Gasteiger partial charge in [0.2, 0.25) is 0 Å². The van der Waals surface area contributed by atoms with Crippen LogP contribution in [0.5, 0.6) is 0 Å². The summed E-state index contributed by atoms with van der Waals surface area (Å²) in [5.41, 5.74) is 0.760. The number of hydrogen-bond acceptors (Lipinski definition) is 4. The van der Waals surface area contributed by atoms with Gasteiger partial charge in [0.05, 0.1) is 6.54 Å². The second kappa shape index (κ2) is 4.52. The van der Waals surface area contributed by atoms with Gasteiger partial charge in [-0.25, -0.2) is 4.79 Å². The van der Waals surface area contributed by atoms with Gasteiger partial charge in [0.25, 0.3) is 0 Å². The molecule has 8 heteroatoms. The van der Waals surface area contributed by atoms with Gasteiger partial charge in [-0.3, -0.25) is 4.72 Å². The second-order valence-electron chi connectivity index (χ2n) is 5.47. The third kappa shape index (κ3) is 3.46. The van der Waals surface area contributed by atoms with Crippen molar-refractivity contribution < 1.29 is 17.9 Å². The zero-order valence-corrected chi connectivity index (χ0v) is 12.0. The lowest BCUT2D eigenvalue weighted by Crippen LogP contribution is -2.43. The van der Waals surface area contributed by atoms with E-state index >= 15 is 0 Å². The average molecular weight is 287 g/mol.